The van der Waals surface area contributed by atoms with Gasteiger partial charge in [0.1, 0.15) is 12.1 Å². The molecule has 3 aromatic heterocycles. The lowest BCUT2D eigenvalue weighted by Gasteiger charge is -2.07. The Hall–Kier alpha value is -3.07. The van der Waals surface area contributed by atoms with Crippen LogP contribution in [0, 0.1) is 13.8 Å². The number of nitrogens with zero attached hydrogens (tertiary/aromatic N) is 4. The minimum absolute atomic E-state index is 0.187. The van der Waals surface area contributed by atoms with Crippen molar-refractivity contribution in [1.29, 1.82) is 0 Å². The second kappa shape index (κ2) is 7.01. The van der Waals surface area contributed by atoms with Crippen LogP contribution in [0.15, 0.2) is 36.9 Å². The molecule has 2 N–H and O–H groups in total. The van der Waals surface area contributed by atoms with Crippen molar-refractivity contribution in [3.05, 3.63) is 47.6 Å². The van der Waals surface area contributed by atoms with Gasteiger partial charge >= 0.3 is 6.09 Å². The summed E-state index contributed by atoms with van der Waals surface area (Å²) in [6.45, 7) is 3.66. The average Bonchev–Trinajstić information content (AvgIpc) is 2.87. The second-order valence-electron chi connectivity index (χ2n) is 4.80. The Morgan fingerprint density at radius 1 is 1.17 bits per heavy atom. The molecule has 0 aliphatic rings. The van der Waals surface area contributed by atoms with Crippen LogP contribution in [-0.2, 0) is 0 Å². The zero-order valence-electron chi connectivity index (χ0n) is 13.0. The number of amides is 1. The highest BCUT2D eigenvalue weighted by Crippen LogP contribution is 2.33. The molecule has 0 fully saturated rings. The van der Waals surface area contributed by atoms with Crippen molar-refractivity contribution < 1.29 is 9.53 Å². The highest BCUT2D eigenvalue weighted by Gasteiger charge is 2.15. The second-order valence-corrected chi connectivity index (χ2v) is 6.00. The first-order valence-electron chi connectivity index (χ1n) is 7.02. The standard InChI is InChI=1S/C15H14N6O2S/c1-9-4-3-5-12(18-9)21-15(22)23-13-14(24-10(2)19-13)20-11-6-16-8-17-7-11/h3-8,20H,1-2H3,(H,18,21,22). The summed E-state index contributed by atoms with van der Waals surface area (Å²) in [5, 5.41) is 7.00. The van der Waals surface area contributed by atoms with Gasteiger partial charge in [-0.25, -0.2) is 24.7 Å². The number of ether oxygens (including phenoxy) is 1. The van der Waals surface area contributed by atoms with Crippen LogP contribution in [0.25, 0.3) is 0 Å². The summed E-state index contributed by atoms with van der Waals surface area (Å²) in [4.78, 5) is 28.3. The van der Waals surface area contributed by atoms with Gasteiger partial charge in [-0.05, 0) is 26.0 Å². The summed E-state index contributed by atoms with van der Waals surface area (Å²) in [5.41, 5.74) is 1.47. The Morgan fingerprint density at radius 3 is 2.71 bits per heavy atom. The molecular formula is C15H14N6O2S. The molecule has 0 radical (unpaired) electrons. The molecule has 0 saturated heterocycles. The lowest BCUT2D eigenvalue weighted by Crippen LogP contribution is -2.18. The van der Waals surface area contributed by atoms with E-state index >= 15 is 0 Å². The van der Waals surface area contributed by atoms with E-state index in [2.05, 4.69) is 30.6 Å². The van der Waals surface area contributed by atoms with Gasteiger partial charge in [0.25, 0.3) is 5.88 Å². The van der Waals surface area contributed by atoms with Gasteiger partial charge in [0.05, 0.1) is 23.1 Å². The van der Waals surface area contributed by atoms with E-state index in [-0.39, 0.29) is 5.88 Å². The summed E-state index contributed by atoms with van der Waals surface area (Å²) in [6.07, 6.45) is 4.00. The van der Waals surface area contributed by atoms with Crippen molar-refractivity contribution in [2.24, 2.45) is 0 Å². The molecule has 8 nitrogen and oxygen atoms in total. The van der Waals surface area contributed by atoms with Gasteiger partial charge in [0, 0.05) is 5.69 Å². The van der Waals surface area contributed by atoms with Crippen molar-refractivity contribution in [2.45, 2.75) is 13.8 Å². The monoisotopic (exact) mass is 342 g/mol. The maximum absolute atomic E-state index is 12.0. The molecule has 0 atom stereocenters. The summed E-state index contributed by atoms with van der Waals surface area (Å²) in [7, 11) is 0. The number of aromatic nitrogens is 4. The highest BCUT2D eigenvalue weighted by molar-refractivity contribution is 7.16. The van der Waals surface area contributed by atoms with Gasteiger partial charge in [0.2, 0.25) is 0 Å². The topological polar surface area (TPSA) is 102 Å². The Kier molecular flexibility index (Phi) is 4.62. The number of carbonyl (C=O) groups excluding carboxylic acids is 1. The molecular weight excluding hydrogens is 328 g/mol. The maximum atomic E-state index is 12.0. The fourth-order valence-corrected chi connectivity index (χ4v) is 2.65. The van der Waals surface area contributed by atoms with Crippen molar-refractivity contribution >= 4 is 33.9 Å². The summed E-state index contributed by atoms with van der Waals surface area (Å²) >= 11 is 1.36. The van der Waals surface area contributed by atoms with Crippen molar-refractivity contribution in [1.82, 2.24) is 19.9 Å². The molecule has 3 aromatic rings. The zero-order valence-corrected chi connectivity index (χ0v) is 13.8. The van der Waals surface area contributed by atoms with E-state index in [1.807, 2.05) is 19.9 Å². The molecule has 0 aliphatic carbocycles. The van der Waals surface area contributed by atoms with Crippen LogP contribution in [0.5, 0.6) is 5.88 Å². The predicted octanol–water partition coefficient (Wildman–Crippen LogP) is 3.30. The fourth-order valence-electron chi connectivity index (χ4n) is 1.88. The number of rotatable bonds is 4. The lowest BCUT2D eigenvalue weighted by atomic mass is 10.4. The molecule has 3 rings (SSSR count). The van der Waals surface area contributed by atoms with Crippen LogP contribution in [0.4, 0.5) is 21.3 Å². The first kappa shape index (κ1) is 15.8. The fraction of sp³-hybridized carbons (Fsp3) is 0.133. The minimum atomic E-state index is -0.661. The normalized spacial score (nSPS) is 10.2. The predicted molar refractivity (Wildman–Crippen MR) is 90.8 cm³/mol. The quantitative estimate of drug-likeness (QED) is 0.750. The Labute approximate surface area is 142 Å². The number of carbonyl (C=O) groups is 1. The molecule has 0 unspecified atom stereocenters. The largest absolute Gasteiger partial charge is 0.419 e. The van der Waals surface area contributed by atoms with Crippen molar-refractivity contribution in [2.75, 3.05) is 10.6 Å². The Morgan fingerprint density at radius 2 is 1.96 bits per heavy atom. The Bertz CT molecular complexity index is 852. The van der Waals surface area contributed by atoms with E-state index in [1.54, 1.807) is 24.5 Å². The SMILES string of the molecule is Cc1cccc(NC(=O)Oc2nc(C)sc2Nc2cncnc2)n1. The number of pyridine rings is 1. The van der Waals surface area contributed by atoms with E-state index in [9.17, 15) is 4.79 Å². The molecule has 0 aromatic carbocycles. The first-order valence-corrected chi connectivity index (χ1v) is 7.84. The third kappa shape index (κ3) is 4.02. The molecule has 1 amide bonds. The molecule has 0 saturated carbocycles. The zero-order chi connectivity index (χ0) is 16.9. The van der Waals surface area contributed by atoms with Gasteiger partial charge in [0.15, 0.2) is 5.00 Å². The van der Waals surface area contributed by atoms with Crippen LogP contribution in [0.1, 0.15) is 10.7 Å². The van der Waals surface area contributed by atoms with E-state index in [1.165, 1.54) is 17.7 Å². The number of hydrogen-bond donors (Lipinski definition) is 2. The minimum Gasteiger partial charge on any atom is -0.388 e. The maximum Gasteiger partial charge on any atom is 0.419 e. The van der Waals surface area contributed by atoms with E-state index in [0.29, 0.717) is 16.5 Å². The van der Waals surface area contributed by atoms with Crippen molar-refractivity contribution in [3.63, 3.8) is 0 Å². The van der Waals surface area contributed by atoms with E-state index < -0.39 is 6.09 Å². The van der Waals surface area contributed by atoms with Crippen LogP contribution in [0.3, 0.4) is 0 Å². The average molecular weight is 342 g/mol. The third-order valence-electron chi connectivity index (χ3n) is 2.83. The molecule has 0 bridgehead atoms. The molecule has 3 heterocycles. The molecule has 9 heteroatoms. The van der Waals surface area contributed by atoms with Gasteiger partial charge in [-0.15, -0.1) is 0 Å². The number of anilines is 3. The van der Waals surface area contributed by atoms with Gasteiger partial charge in [-0.3, -0.25) is 5.32 Å². The molecule has 122 valence electrons. The van der Waals surface area contributed by atoms with Crippen molar-refractivity contribution in [3.8, 4) is 5.88 Å². The molecule has 24 heavy (non-hydrogen) atoms. The van der Waals surface area contributed by atoms with Crippen LogP contribution >= 0.6 is 11.3 Å². The number of aryl methyl sites for hydroxylation is 2. The summed E-state index contributed by atoms with van der Waals surface area (Å²) < 4.78 is 5.29. The summed E-state index contributed by atoms with van der Waals surface area (Å²) in [6, 6.07) is 5.32. The summed E-state index contributed by atoms with van der Waals surface area (Å²) in [5.74, 6) is 0.601. The van der Waals surface area contributed by atoms with E-state index in [0.717, 1.165) is 10.7 Å². The number of hydrogen-bond acceptors (Lipinski definition) is 8. The van der Waals surface area contributed by atoms with Crippen LogP contribution < -0.4 is 15.4 Å². The number of thiazole rings is 1. The van der Waals surface area contributed by atoms with Gasteiger partial charge in [-0.2, -0.15) is 0 Å². The lowest BCUT2D eigenvalue weighted by molar-refractivity contribution is 0.213. The first-order chi connectivity index (χ1) is 11.6. The number of nitrogens with one attached hydrogen (secondary N) is 2. The van der Waals surface area contributed by atoms with Gasteiger partial charge < -0.3 is 10.1 Å². The highest BCUT2D eigenvalue weighted by atomic mass is 32.1. The third-order valence-corrected chi connectivity index (χ3v) is 3.70. The smallest absolute Gasteiger partial charge is 0.388 e. The Balaban J connectivity index is 1.71. The van der Waals surface area contributed by atoms with Crippen LogP contribution in [-0.4, -0.2) is 26.0 Å². The van der Waals surface area contributed by atoms with E-state index in [4.69, 9.17) is 4.74 Å². The van der Waals surface area contributed by atoms with Gasteiger partial charge in [-0.1, -0.05) is 17.4 Å². The van der Waals surface area contributed by atoms with Crippen LogP contribution in [0.2, 0.25) is 0 Å². The molecule has 0 spiro atoms. The molecule has 0 aliphatic heterocycles.